The van der Waals surface area contributed by atoms with E-state index in [4.69, 9.17) is 4.74 Å². The van der Waals surface area contributed by atoms with Crippen LogP contribution in [0.4, 0.5) is 10.5 Å². The van der Waals surface area contributed by atoms with Crippen molar-refractivity contribution in [3.8, 4) is 0 Å². The molecule has 0 unspecified atom stereocenters. The Morgan fingerprint density at radius 2 is 1.83 bits per heavy atom. The Labute approximate surface area is 143 Å². The van der Waals surface area contributed by atoms with Crippen LogP contribution in [0.1, 0.15) is 36.5 Å². The van der Waals surface area contributed by atoms with Gasteiger partial charge in [-0.25, -0.2) is 9.59 Å². The zero-order valence-corrected chi connectivity index (χ0v) is 14.6. The summed E-state index contributed by atoms with van der Waals surface area (Å²) in [6.07, 6.45) is 3.31. The number of piperazine rings is 1. The van der Waals surface area contributed by atoms with Crippen molar-refractivity contribution in [2.24, 2.45) is 0 Å². The number of rotatable bonds is 6. The van der Waals surface area contributed by atoms with Gasteiger partial charge in [0.25, 0.3) is 0 Å². The van der Waals surface area contributed by atoms with E-state index in [-0.39, 0.29) is 12.0 Å². The summed E-state index contributed by atoms with van der Waals surface area (Å²) >= 11 is 0. The highest BCUT2D eigenvalue weighted by Crippen LogP contribution is 2.22. The van der Waals surface area contributed by atoms with E-state index in [1.54, 1.807) is 6.07 Å². The SMILES string of the molecule is CCCCCNC(=O)N1CCN(c2ccccc2C(=O)OC)CC1. The lowest BCUT2D eigenvalue weighted by Crippen LogP contribution is -2.52. The minimum Gasteiger partial charge on any atom is -0.465 e. The number of ether oxygens (including phenoxy) is 1. The van der Waals surface area contributed by atoms with Gasteiger partial charge in [0.05, 0.1) is 18.4 Å². The molecular weight excluding hydrogens is 306 g/mol. The molecule has 0 aliphatic carbocycles. The quantitative estimate of drug-likeness (QED) is 0.642. The van der Waals surface area contributed by atoms with E-state index in [0.29, 0.717) is 31.7 Å². The zero-order valence-electron chi connectivity index (χ0n) is 14.6. The third-order valence-corrected chi connectivity index (χ3v) is 4.27. The van der Waals surface area contributed by atoms with Crippen molar-refractivity contribution in [1.82, 2.24) is 10.2 Å². The van der Waals surface area contributed by atoms with Crippen LogP contribution in [0.5, 0.6) is 0 Å². The first-order valence-electron chi connectivity index (χ1n) is 8.62. The predicted molar refractivity (Wildman–Crippen MR) is 94.5 cm³/mol. The van der Waals surface area contributed by atoms with Gasteiger partial charge in [0, 0.05) is 32.7 Å². The van der Waals surface area contributed by atoms with Crippen LogP contribution in [-0.4, -0.2) is 56.7 Å². The predicted octanol–water partition coefficient (Wildman–Crippen LogP) is 2.50. The lowest BCUT2D eigenvalue weighted by Gasteiger charge is -2.36. The molecule has 1 aromatic rings. The fraction of sp³-hybridized carbons (Fsp3) is 0.556. The van der Waals surface area contributed by atoms with Crippen LogP contribution in [0.2, 0.25) is 0 Å². The molecule has 1 aliphatic rings. The van der Waals surface area contributed by atoms with E-state index < -0.39 is 0 Å². The highest BCUT2D eigenvalue weighted by atomic mass is 16.5. The third kappa shape index (κ3) is 4.63. The molecule has 132 valence electrons. The molecular formula is C18H27N3O3. The van der Waals surface area contributed by atoms with Crippen LogP contribution in [0.25, 0.3) is 0 Å². The van der Waals surface area contributed by atoms with Crippen LogP contribution < -0.4 is 10.2 Å². The highest BCUT2D eigenvalue weighted by Gasteiger charge is 2.23. The van der Waals surface area contributed by atoms with Gasteiger partial charge in [-0.15, -0.1) is 0 Å². The monoisotopic (exact) mass is 333 g/mol. The number of carbonyl (C=O) groups is 2. The second-order valence-electron chi connectivity index (χ2n) is 5.92. The van der Waals surface area contributed by atoms with Crippen molar-refractivity contribution in [1.29, 1.82) is 0 Å². The van der Waals surface area contributed by atoms with Crippen molar-refractivity contribution in [2.75, 3.05) is 44.7 Å². The van der Waals surface area contributed by atoms with Crippen molar-refractivity contribution in [2.45, 2.75) is 26.2 Å². The second-order valence-corrected chi connectivity index (χ2v) is 5.92. The van der Waals surface area contributed by atoms with E-state index in [0.717, 1.165) is 31.5 Å². The minimum atomic E-state index is -0.332. The van der Waals surface area contributed by atoms with Crippen molar-refractivity contribution < 1.29 is 14.3 Å². The van der Waals surface area contributed by atoms with Crippen LogP contribution in [0.3, 0.4) is 0 Å². The van der Waals surface area contributed by atoms with E-state index in [2.05, 4.69) is 17.1 Å². The number of methoxy groups -OCH3 is 1. The van der Waals surface area contributed by atoms with Gasteiger partial charge >= 0.3 is 12.0 Å². The summed E-state index contributed by atoms with van der Waals surface area (Å²) in [5, 5.41) is 2.97. The summed E-state index contributed by atoms with van der Waals surface area (Å²) in [4.78, 5) is 28.0. The molecule has 6 nitrogen and oxygen atoms in total. The van der Waals surface area contributed by atoms with Gasteiger partial charge in [0.1, 0.15) is 0 Å². The molecule has 1 saturated heterocycles. The number of carbonyl (C=O) groups excluding carboxylic acids is 2. The first-order chi connectivity index (χ1) is 11.7. The first-order valence-corrected chi connectivity index (χ1v) is 8.62. The molecule has 1 fully saturated rings. The Morgan fingerprint density at radius 3 is 2.50 bits per heavy atom. The largest absolute Gasteiger partial charge is 0.465 e. The van der Waals surface area contributed by atoms with E-state index >= 15 is 0 Å². The smallest absolute Gasteiger partial charge is 0.339 e. The molecule has 1 heterocycles. The average Bonchev–Trinajstić information content (AvgIpc) is 2.64. The number of hydrogen-bond donors (Lipinski definition) is 1. The molecule has 6 heteroatoms. The summed E-state index contributed by atoms with van der Waals surface area (Å²) in [5.41, 5.74) is 1.44. The van der Waals surface area contributed by atoms with Crippen molar-refractivity contribution in [3.05, 3.63) is 29.8 Å². The number of anilines is 1. The zero-order chi connectivity index (χ0) is 17.4. The maximum Gasteiger partial charge on any atom is 0.339 e. The number of amides is 2. The highest BCUT2D eigenvalue weighted by molar-refractivity contribution is 5.95. The summed E-state index contributed by atoms with van der Waals surface area (Å²) in [6, 6.07) is 7.44. The molecule has 0 bridgehead atoms. The number of esters is 1. The van der Waals surface area contributed by atoms with Gasteiger partial charge in [-0.3, -0.25) is 0 Å². The minimum absolute atomic E-state index is 0.00649. The number of para-hydroxylation sites is 1. The van der Waals surface area contributed by atoms with Gasteiger partial charge in [0.15, 0.2) is 0 Å². The standard InChI is InChI=1S/C18H27N3O3/c1-3-4-7-10-19-18(23)21-13-11-20(12-14-21)16-9-6-5-8-15(16)17(22)24-2/h5-6,8-9H,3-4,7,10-14H2,1-2H3,(H,19,23). The number of urea groups is 1. The van der Waals surface area contributed by atoms with Crippen LogP contribution in [-0.2, 0) is 4.74 Å². The molecule has 1 aromatic carbocycles. The Kier molecular flexibility index (Phi) is 6.90. The van der Waals surface area contributed by atoms with E-state index in [1.165, 1.54) is 7.11 Å². The summed E-state index contributed by atoms with van der Waals surface area (Å²) in [7, 11) is 1.39. The number of nitrogens with zero attached hydrogens (tertiary/aromatic N) is 2. The normalized spacial score (nSPS) is 14.4. The van der Waals surface area contributed by atoms with Gasteiger partial charge < -0.3 is 19.9 Å². The maximum absolute atomic E-state index is 12.1. The molecule has 2 rings (SSSR count). The maximum atomic E-state index is 12.1. The Morgan fingerprint density at radius 1 is 1.12 bits per heavy atom. The second kappa shape index (κ2) is 9.15. The molecule has 1 aliphatic heterocycles. The number of benzene rings is 1. The topological polar surface area (TPSA) is 61.9 Å². The average molecular weight is 333 g/mol. The molecule has 0 spiro atoms. The molecule has 0 aromatic heterocycles. The molecule has 24 heavy (non-hydrogen) atoms. The van der Waals surface area contributed by atoms with E-state index in [1.807, 2.05) is 23.1 Å². The van der Waals surface area contributed by atoms with Gasteiger partial charge in [0.2, 0.25) is 0 Å². The van der Waals surface area contributed by atoms with Gasteiger partial charge in [-0.05, 0) is 18.6 Å². The molecule has 0 atom stereocenters. The third-order valence-electron chi connectivity index (χ3n) is 4.27. The molecule has 1 N–H and O–H groups in total. The molecule has 0 saturated carbocycles. The summed E-state index contributed by atoms with van der Waals surface area (Å²) in [5.74, 6) is -0.332. The Balaban J connectivity index is 1.89. The summed E-state index contributed by atoms with van der Waals surface area (Å²) < 4.78 is 4.85. The van der Waals surface area contributed by atoms with Crippen LogP contribution in [0.15, 0.2) is 24.3 Å². The number of hydrogen-bond acceptors (Lipinski definition) is 4. The lowest BCUT2D eigenvalue weighted by molar-refractivity contribution is 0.0601. The van der Waals surface area contributed by atoms with Crippen LogP contribution in [0, 0.1) is 0 Å². The van der Waals surface area contributed by atoms with Crippen molar-refractivity contribution in [3.63, 3.8) is 0 Å². The molecule has 0 radical (unpaired) electrons. The Bertz CT molecular complexity index is 554. The first kappa shape index (κ1) is 18.1. The summed E-state index contributed by atoms with van der Waals surface area (Å²) in [6.45, 7) is 5.59. The fourth-order valence-electron chi connectivity index (χ4n) is 2.86. The fourth-order valence-corrected chi connectivity index (χ4v) is 2.86. The number of nitrogens with one attached hydrogen (secondary N) is 1. The van der Waals surface area contributed by atoms with Gasteiger partial charge in [-0.2, -0.15) is 0 Å². The number of unbranched alkanes of at least 4 members (excludes halogenated alkanes) is 2. The lowest BCUT2D eigenvalue weighted by atomic mass is 10.1. The Hall–Kier alpha value is -2.24. The van der Waals surface area contributed by atoms with Crippen molar-refractivity contribution >= 4 is 17.7 Å². The van der Waals surface area contributed by atoms with Crippen LogP contribution >= 0.6 is 0 Å². The van der Waals surface area contributed by atoms with E-state index in [9.17, 15) is 9.59 Å². The van der Waals surface area contributed by atoms with Gasteiger partial charge in [-0.1, -0.05) is 31.9 Å². The molecule has 2 amide bonds.